The standard InChI is InChI=1S/C11H14FN3O2S/c12-8-1-2-10-11(5-8)18(16,17)14-7-9-6-13-3-4-15(9)10/h1-2,5,9,13-14H,3-4,6-7H2. The largest absolute Gasteiger partial charge is 0.364 e. The van der Waals surface area contributed by atoms with Gasteiger partial charge in [0, 0.05) is 26.2 Å². The van der Waals surface area contributed by atoms with Crippen LogP contribution in [-0.4, -0.2) is 40.6 Å². The molecule has 2 aliphatic rings. The van der Waals surface area contributed by atoms with Crippen LogP contribution in [0.5, 0.6) is 0 Å². The van der Waals surface area contributed by atoms with Crippen molar-refractivity contribution in [3.63, 3.8) is 0 Å². The molecule has 1 aromatic carbocycles. The Balaban J connectivity index is 2.17. The van der Waals surface area contributed by atoms with Gasteiger partial charge < -0.3 is 10.2 Å². The predicted octanol–water partition coefficient (Wildman–Crippen LogP) is -0.104. The molecule has 1 unspecified atom stereocenters. The van der Waals surface area contributed by atoms with Crippen LogP contribution in [0.25, 0.3) is 0 Å². The summed E-state index contributed by atoms with van der Waals surface area (Å²) in [6.07, 6.45) is 0. The minimum absolute atomic E-state index is 0.0342. The molecule has 0 aliphatic carbocycles. The van der Waals surface area contributed by atoms with E-state index in [9.17, 15) is 12.8 Å². The van der Waals surface area contributed by atoms with Crippen molar-refractivity contribution in [1.82, 2.24) is 10.0 Å². The maximum absolute atomic E-state index is 13.3. The van der Waals surface area contributed by atoms with Gasteiger partial charge in [-0.3, -0.25) is 0 Å². The molecule has 5 nitrogen and oxygen atoms in total. The Bertz CT molecular complexity index is 576. The molecule has 0 aromatic heterocycles. The van der Waals surface area contributed by atoms with Crippen molar-refractivity contribution in [2.45, 2.75) is 10.9 Å². The molecule has 1 saturated heterocycles. The minimum atomic E-state index is -3.62. The third-order valence-electron chi connectivity index (χ3n) is 3.38. The van der Waals surface area contributed by atoms with E-state index >= 15 is 0 Å². The molecule has 0 bridgehead atoms. The molecule has 1 fully saturated rings. The summed E-state index contributed by atoms with van der Waals surface area (Å²) in [5.41, 5.74) is 0.591. The smallest absolute Gasteiger partial charge is 0.242 e. The predicted molar refractivity (Wildman–Crippen MR) is 65.6 cm³/mol. The van der Waals surface area contributed by atoms with Crippen LogP contribution in [0.3, 0.4) is 0 Å². The Morgan fingerprint density at radius 2 is 2.17 bits per heavy atom. The highest BCUT2D eigenvalue weighted by atomic mass is 32.2. The normalized spacial score (nSPS) is 26.1. The monoisotopic (exact) mass is 271 g/mol. The summed E-state index contributed by atoms with van der Waals surface area (Å²) in [7, 11) is -3.62. The average Bonchev–Trinajstić information content (AvgIpc) is 2.46. The van der Waals surface area contributed by atoms with Crippen molar-refractivity contribution in [3.05, 3.63) is 24.0 Å². The SMILES string of the molecule is O=S1(=O)NCC2CNCCN2c2ccc(F)cc21. The van der Waals surface area contributed by atoms with Crippen molar-refractivity contribution in [3.8, 4) is 0 Å². The molecule has 18 heavy (non-hydrogen) atoms. The number of piperazine rings is 1. The molecular formula is C11H14FN3O2S. The Kier molecular flexibility index (Phi) is 2.76. The van der Waals surface area contributed by atoms with Gasteiger partial charge in [-0.05, 0) is 18.2 Å². The first kappa shape index (κ1) is 11.9. The molecule has 0 spiro atoms. The molecule has 2 aliphatic heterocycles. The van der Waals surface area contributed by atoms with E-state index in [4.69, 9.17) is 0 Å². The van der Waals surface area contributed by atoms with E-state index in [1.54, 1.807) is 6.07 Å². The van der Waals surface area contributed by atoms with Crippen molar-refractivity contribution in [2.75, 3.05) is 31.1 Å². The quantitative estimate of drug-likeness (QED) is 0.691. The van der Waals surface area contributed by atoms with E-state index in [2.05, 4.69) is 10.0 Å². The van der Waals surface area contributed by atoms with Crippen LogP contribution in [0, 0.1) is 5.82 Å². The fraction of sp³-hybridized carbons (Fsp3) is 0.455. The molecular weight excluding hydrogens is 257 g/mol. The highest BCUT2D eigenvalue weighted by Crippen LogP contribution is 2.30. The van der Waals surface area contributed by atoms with Gasteiger partial charge in [-0.15, -0.1) is 0 Å². The maximum atomic E-state index is 13.3. The lowest BCUT2D eigenvalue weighted by Gasteiger charge is -2.36. The Hall–Kier alpha value is -1.18. The van der Waals surface area contributed by atoms with Gasteiger partial charge in [-0.2, -0.15) is 0 Å². The fourth-order valence-electron chi connectivity index (χ4n) is 2.48. The van der Waals surface area contributed by atoms with Crippen LogP contribution in [-0.2, 0) is 10.0 Å². The number of benzene rings is 1. The van der Waals surface area contributed by atoms with E-state index in [0.29, 0.717) is 12.2 Å². The van der Waals surface area contributed by atoms with E-state index < -0.39 is 15.8 Å². The number of fused-ring (bicyclic) bond motifs is 3. The number of anilines is 1. The number of nitrogens with one attached hydrogen (secondary N) is 2. The van der Waals surface area contributed by atoms with Crippen LogP contribution in [0.4, 0.5) is 10.1 Å². The minimum Gasteiger partial charge on any atom is -0.364 e. The van der Waals surface area contributed by atoms with Gasteiger partial charge in [0.15, 0.2) is 0 Å². The summed E-state index contributed by atoms with van der Waals surface area (Å²) in [6, 6.07) is 4.01. The first-order chi connectivity index (χ1) is 8.58. The average molecular weight is 271 g/mol. The lowest BCUT2D eigenvalue weighted by molar-refractivity contribution is 0.472. The highest BCUT2D eigenvalue weighted by molar-refractivity contribution is 7.89. The number of hydrogen-bond donors (Lipinski definition) is 2. The third kappa shape index (κ3) is 1.88. The molecule has 1 atom stereocenters. The van der Waals surface area contributed by atoms with E-state index in [1.165, 1.54) is 6.07 Å². The van der Waals surface area contributed by atoms with Crippen molar-refractivity contribution < 1.29 is 12.8 Å². The fourth-order valence-corrected chi connectivity index (χ4v) is 3.78. The van der Waals surface area contributed by atoms with Gasteiger partial charge in [-0.1, -0.05) is 0 Å². The van der Waals surface area contributed by atoms with E-state index in [1.807, 2.05) is 4.90 Å². The van der Waals surface area contributed by atoms with Gasteiger partial charge >= 0.3 is 0 Å². The molecule has 0 saturated carbocycles. The molecule has 0 amide bonds. The number of sulfonamides is 1. The van der Waals surface area contributed by atoms with Gasteiger partial charge in [0.05, 0.1) is 11.7 Å². The molecule has 0 radical (unpaired) electrons. The second kappa shape index (κ2) is 4.18. The Morgan fingerprint density at radius 1 is 1.33 bits per heavy atom. The van der Waals surface area contributed by atoms with Crippen LogP contribution < -0.4 is 14.9 Å². The Labute approximate surface area is 105 Å². The zero-order valence-electron chi connectivity index (χ0n) is 9.69. The summed E-state index contributed by atoms with van der Waals surface area (Å²) in [5.74, 6) is -0.535. The van der Waals surface area contributed by atoms with Crippen molar-refractivity contribution >= 4 is 15.7 Å². The highest BCUT2D eigenvalue weighted by Gasteiger charge is 2.32. The second-order valence-corrected chi connectivity index (χ2v) is 6.25. The van der Waals surface area contributed by atoms with E-state index in [-0.39, 0.29) is 10.9 Å². The number of halogens is 1. The van der Waals surface area contributed by atoms with Crippen molar-refractivity contribution in [1.29, 1.82) is 0 Å². The van der Waals surface area contributed by atoms with Crippen molar-refractivity contribution in [2.24, 2.45) is 0 Å². The summed E-state index contributed by atoms with van der Waals surface area (Å²) < 4.78 is 39.9. The summed E-state index contributed by atoms with van der Waals surface area (Å²) in [5, 5.41) is 3.23. The number of hydrogen-bond acceptors (Lipinski definition) is 4. The molecule has 1 aromatic rings. The maximum Gasteiger partial charge on any atom is 0.242 e. The van der Waals surface area contributed by atoms with Gasteiger partial charge in [-0.25, -0.2) is 17.5 Å². The van der Waals surface area contributed by atoms with Gasteiger partial charge in [0.25, 0.3) is 0 Å². The van der Waals surface area contributed by atoms with Crippen LogP contribution >= 0.6 is 0 Å². The first-order valence-electron chi connectivity index (χ1n) is 5.84. The second-order valence-electron chi connectivity index (χ2n) is 4.52. The zero-order chi connectivity index (χ0) is 12.8. The summed E-state index contributed by atoms with van der Waals surface area (Å²) in [4.78, 5) is 2.06. The Morgan fingerprint density at radius 3 is 3.00 bits per heavy atom. The topological polar surface area (TPSA) is 61.4 Å². The first-order valence-corrected chi connectivity index (χ1v) is 7.33. The van der Waals surface area contributed by atoms with Crippen LogP contribution in [0.2, 0.25) is 0 Å². The van der Waals surface area contributed by atoms with Crippen LogP contribution in [0.15, 0.2) is 23.1 Å². The lowest BCUT2D eigenvalue weighted by atomic mass is 10.1. The molecule has 3 rings (SSSR count). The van der Waals surface area contributed by atoms with Crippen LogP contribution in [0.1, 0.15) is 0 Å². The zero-order valence-corrected chi connectivity index (χ0v) is 10.5. The summed E-state index contributed by atoms with van der Waals surface area (Å²) in [6.45, 7) is 2.58. The molecule has 2 N–H and O–H groups in total. The lowest BCUT2D eigenvalue weighted by Crippen LogP contribution is -2.54. The molecule has 2 heterocycles. The molecule has 7 heteroatoms. The molecule has 98 valence electrons. The third-order valence-corrected chi connectivity index (χ3v) is 4.83. The number of rotatable bonds is 0. The van der Waals surface area contributed by atoms with E-state index in [0.717, 1.165) is 25.7 Å². The van der Waals surface area contributed by atoms with Gasteiger partial charge in [0.2, 0.25) is 10.0 Å². The number of nitrogens with zero attached hydrogens (tertiary/aromatic N) is 1. The summed E-state index contributed by atoms with van der Waals surface area (Å²) >= 11 is 0. The van der Waals surface area contributed by atoms with Gasteiger partial charge in [0.1, 0.15) is 10.7 Å².